The molecule has 1 heterocycles. The molecule has 1 aliphatic heterocycles. The van der Waals surface area contributed by atoms with Crippen LogP contribution < -0.4 is 14.8 Å². The molecule has 2 N–H and O–H groups in total. The van der Waals surface area contributed by atoms with Crippen LogP contribution in [0, 0.1) is 0 Å². The van der Waals surface area contributed by atoms with E-state index in [1.54, 1.807) is 36.4 Å². The Labute approximate surface area is 200 Å². The standard InChI is InChI=1S/C26H28N2O5S/c29-26(21-8-12-23(13-9-21)33-18-16-20-5-2-1-3-6-20)28-22-10-14-25(15-11-22)34(30,31)27-19-24-7-4-17-32-24/h1-3,5-6,8-15,24,27H,4,7,16-19H2,(H,28,29). The Kier molecular flexibility index (Phi) is 7.95. The fraction of sp³-hybridized carbons (Fsp3) is 0.269. The van der Waals surface area contributed by atoms with Crippen LogP contribution in [-0.2, 0) is 21.2 Å². The topological polar surface area (TPSA) is 93.7 Å². The van der Waals surface area contributed by atoms with Crippen molar-refractivity contribution in [3.8, 4) is 5.75 Å². The van der Waals surface area contributed by atoms with Gasteiger partial charge in [-0.15, -0.1) is 0 Å². The van der Waals surface area contributed by atoms with Crippen LogP contribution in [0.3, 0.4) is 0 Å². The van der Waals surface area contributed by atoms with Crippen molar-refractivity contribution in [3.63, 3.8) is 0 Å². The normalized spacial score (nSPS) is 15.7. The summed E-state index contributed by atoms with van der Waals surface area (Å²) in [5.41, 5.74) is 2.19. The van der Waals surface area contributed by atoms with Gasteiger partial charge in [0.2, 0.25) is 10.0 Å². The van der Waals surface area contributed by atoms with Crippen molar-refractivity contribution in [1.82, 2.24) is 4.72 Å². The van der Waals surface area contributed by atoms with Gasteiger partial charge in [-0.3, -0.25) is 4.79 Å². The average Bonchev–Trinajstić information content (AvgIpc) is 3.38. The molecule has 3 aromatic carbocycles. The molecule has 1 saturated heterocycles. The third-order valence-corrected chi connectivity index (χ3v) is 7.01. The second-order valence-electron chi connectivity index (χ2n) is 8.07. The number of hydrogen-bond donors (Lipinski definition) is 2. The van der Waals surface area contributed by atoms with Gasteiger partial charge >= 0.3 is 0 Å². The summed E-state index contributed by atoms with van der Waals surface area (Å²) in [6.07, 6.45) is 2.53. The number of carbonyl (C=O) groups is 1. The second-order valence-corrected chi connectivity index (χ2v) is 9.84. The van der Waals surface area contributed by atoms with Crippen LogP contribution in [-0.4, -0.2) is 40.2 Å². The fourth-order valence-electron chi connectivity index (χ4n) is 3.65. The lowest BCUT2D eigenvalue weighted by molar-refractivity contribution is 0.102. The molecule has 0 bridgehead atoms. The number of amides is 1. The number of ether oxygens (including phenoxy) is 2. The van der Waals surface area contributed by atoms with E-state index in [0.717, 1.165) is 19.3 Å². The quantitative estimate of drug-likeness (QED) is 0.457. The van der Waals surface area contributed by atoms with Gasteiger partial charge in [0.15, 0.2) is 0 Å². The number of anilines is 1. The Morgan fingerprint density at radius 1 is 0.971 bits per heavy atom. The highest BCUT2D eigenvalue weighted by molar-refractivity contribution is 7.89. The van der Waals surface area contributed by atoms with E-state index < -0.39 is 10.0 Å². The maximum absolute atomic E-state index is 12.6. The molecule has 1 aliphatic rings. The van der Waals surface area contributed by atoms with Crippen LogP contribution in [0.5, 0.6) is 5.75 Å². The van der Waals surface area contributed by atoms with Crippen LogP contribution in [0.1, 0.15) is 28.8 Å². The largest absolute Gasteiger partial charge is 0.493 e. The van der Waals surface area contributed by atoms with E-state index in [1.807, 2.05) is 18.2 Å². The Bertz CT molecular complexity index is 1170. The van der Waals surface area contributed by atoms with Gasteiger partial charge in [-0.25, -0.2) is 13.1 Å². The first-order chi connectivity index (χ1) is 16.5. The first-order valence-corrected chi connectivity index (χ1v) is 12.8. The van der Waals surface area contributed by atoms with Crippen LogP contribution in [0.2, 0.25) is 0 Å². The van der Waals surface area contributed by atoms with Crippen molar-refractivity contribution >= 4 is 21.6 Å². The van der Waals surface area contributed by atoms with Crippen molar-refractivity contribution in [2.75, 3.05) is 25.1 Å². The van der Waals surface area contributed by atoms with Gasteiger partial charge in [0.1, 0.15) is 5.75 Å². The summed E-state index contributed by atoms with van der Waals surface area (Å²) in [5, 5.41) is 2.78. The molecule has 0 radical (unpaired) electrons. The average molecular weight is 481 g/mol. The van der Waals surface area contributed by atoms with E-state index in [4.69, 9.17) is 9.47 Å². The molecular weight excluding hydrogens is 452 g/mol. The minimum absolute atomic E-state index is 0.0750. The lowest BCUT2D eigenvalue weighted by Gasteiger charge is -2.12. The number of hydrogen-bond acceptors (Lipinski definition) is 5. The summed E-state index contributed by atoms with van der Waals surface area (Å²) in [5.74, 6) is 0.403. The molecule has 178 valence electrons. The van der Waals surface area contributed by atoms with Crippen molar-refractivity contribution in [2.24, 2.45) is 0 Å². The zero-order chi connectivity index (χ0) is 23.8. The zero-order valence-electron chi connectivity index (χ0n) is 18.8. The van der Waals surface area contributed by atoms with Gasteiger partial charge in [-0.2, -0.15) is 0 Å². The van der Waals surface area contributed by atoms with Gasteiger partial charge in [-0.1, -0.05) is 30.3 Å². The lowest BCUT2D eigenvalue weighted by Crippen LogP contribution is -2.31. The third-order valence-electron chi connectivity index (χ3n) is 5.57. The molecule has 0 spiro atoms. The SMILES string of the molecule is O=C(Nc1ccc(S(=O)(=O)NCC2CCCO2)cc1)c1ccc(OCCc2ccccc2)cc1. The van der Waals surface area contributed by atoms with Crippen LogP contribution in [0.4, 0.5) is 5.69 Å². The van der Waals surface area contributed by atoms with Crippen LogP contribution in [0.15, 0.2) is 83.8 Å². The summed E-state index contributed by atoms with van der Waals surface area (Å²) >= 11 is 0. The first kappa shape index (κ1) is 23.9. The summed E-state index contributed by atoms with van der Waals surface area (Å²) in [6.45, 7) is 1.48. The monoisotopic (exact) mass is 480 g/mol. The fourth-order valence-corrected chi connectivity index (χ4v) is 4.71. The predicted molar refractivity (Wildman–Crippen MR) is 131 cm³/mol. The molecule has 1 unspecified atom stereocenters. The van der Waals surface area contributed by atoms with E-state index in [2.05, 4.69) is 22.2 Å². The highest BCUT2D eigenvalue weighted by Gasteiger charge is 2.20. The highest BCUT2D eigenvalue weighted by atomic mass is 32.2. The number of rotatable bonds is 10. The highest BCUT2D eigenvalue weighted by Crippen LogP contribution is 2.18. The maximum atomic E-state index is 12.6. The second kappa shape index (κ2) is 11.3. The zero-order valence-corrected chi connectivity index (χ0v) is 19.6. The Hall–Kier alpha value is -3.20. The van der Waals surface area contributed by atoms with Crippen molar-refractivity contribution < 1.29 is 22.7 Å². The minimum atomic E-state index is -3.63. The van der Waals surface area contributed by atoms with E-state index in [0.29, 0.717) is 30.2 Å². The lowest BCUT2D eigenvalue weighted by atomic mass is 10.2. The van der Waals surface area contributed by atoms with Crippen molar-refractivity contribution in [1.29, 1.82) is 0 Å². The molecule has 1 amide bonds. The molecule has 7 nitrogen and oxygen atoms in total. The van der Waals surface area contributed by atoms with Gasteiger partial charge in [0, 0.05) is 30.8 Å². The molecular formula is C26H28N2O5S. The number of sulfonamides is 1. The molecule has 0 aliphatic carbocycles. The van der Waals surface area contributed by atoms with E-state index in [-0.39, 0.29) is 23.5 Å². The first-order valence-electron chi connectivity index (χ1n) is 11.3. The van der Waals surface area contributed by atoms with E-state index in [1.165, 1.54) is 17.7 Å². The number of nitrogens with one attached hydrogen (secondary N) is 2. The molecule has 1 atom stereocenters. The summed E-state index contributed by atoms with van der Waals surface area (Å²) in [7, 11) is -3.63. The minimum Gasteiger partial charge on any atom is -0.493 e. The predicted octanol–water partition coefficient (Wildman–Crippen LogP) is 4.02. The van der Waals surface area contributed by atoms with E-state index in [9.17, 15) is 13.2 Å². The van der Waals surface area contributed by atoms with E-state index >= 15 is 0 Å². The number of benzene rings is 3. The Morgan fingerprint density at radius 2 is 1.71 bits per heavy atom. The van der Waals surface area contributed by atoms with Gasteiger partial charge < -0.3 is 14.8 Å². The Morgan fingerprint density at radius 3 is 2.38 bits per heavy atom. The summed E-state index contributed by atoms with van der Waals surface area (Å²) < 4.78 is 38.7. The van der Waals surface area contributed by atoms with Crippen molar-refractivity contribution in [2.45, 2.75) is 30.3 Å². The molecule has 4 rings (SSSR count). The van der Waals surface area contributed by atoms with Crippen LogP contribution >= 0.6 is 0 Å². The molecule has 34 heavy (non-hydrogen) atoms. The smallest absolute Gasteiger partial charge is 0.255 e. The van der Waals surface area contributed by atoms with Gasteiger partial charge in [-0.05, 0) is 66.9 Å². The van der Waals surface area contributed by atoms with Crippen molar-refractivity contribution in [3.05, 3.63) is 90.0 Å². The maximum Gasteiger partial charge on any atom is 0.255 e. The Balaban J connectivity index is 1.27. The molecule has 0 saturated carbocycles. The van der Waals surface area contributed by atoms with Crippen LogP contribution in [0.25, 0.3) is 0 Å². The number of carbonyl (C=O) groups excluding carboxylic acids is 1. The molecule has 1 fully saturated rings. The third kappa shape index (κ3) is 6.66. The molecule has 8 heteroatoms. The molecule has 3 aromatic rings. The van der Waals surface area contributed by atoms with Gasteiger partial charge in [0.25, 0.3) is 5.91 Å². The summed E-state index contributed by atoms with van der Waals surface area (Å²) in [6, 6.07) is 23.1. The molecule has 0 aromatic heterocycles. The summed E-state index contributed by atoms with van der Waals surface area (Å²) in [4.78, 5) is 12.7. The van der Waals surface area contributed by atoms with Gasteiger partial charge in [0.05, 0.1) is 17.6 Å².